The molecule has 5 nitrogen and oxygen atoms in total. The molecule has 2 amide bonds. The molecule has 6 heteroatoms. The SMILES string of the molecule is CC1CN(c2ccc(CNC(=O)NC(C)C(C)C)cc2F)CC(C)O1. The first-order chi connectivity index (χ1) is 11.8. The highest BCUT2D eigenvalue weighted by atomic mass is 19.1. The van der Waals surface area contributed by atoms with E-state index in [2.05, 4.69) is 10.6 Å². The molecule has 0 saturated carbocycles. The fourth-order valence-corrected chi connectivity index (χ4v) is 2.90. The number of benzene rings is 1. The van der Waals surface area contributed by atoms with Gasteiger partial charge in [-0.1, -0.05) is 19.9 Å². The summed E-state index contributed by atoms with van der Waals surface area (Å²) in [6, 6.07) is 4.99. The van der Waals surface area contributed by atoms with E-state index < -0.39 is 0 Å². The standard InChI is InChI=1S/C19H30FN3O2/c1-12(2)15(5)22-19(24)21-9-16-6-7-18(17(20)8-16)23-10-13(3)25-14(4)11-23/h6-8,12-15H,9-11H2,1-5H3,(H2,21,22,24). The predicted molar refractivity (Wildman–Crippen MR) is 98.3 cm³/mol. The second kappa shape index (κ2) is 8.52. The van der Waals surface area contributed by atoms with E-state index in [0.29, 0.717) is 31.2 Å². The fraction of sp³-hybridized carbons (Fsp3) is 0.632. The van der Waals surface area contributed by atoms with Gasteiger partial charge in [-0.25, -0.2) is 9.18 Å². The van der Waals surface area contributed by atoms with Crippen LogP contribution in [-0.2, 0) is 11.3 Å². The van der Waals surface area contributed by atoms with Crippen molar-refractivity contribution in [2.45, 2.75) is 59.4 Å². The highest BCUT2D eigenvalue weighted by Gasteiger charge is 2.24. The zero-order valence-corrected chi connectivity index (χ0v) is 15.8. The van der Waals surface area contributed by atoms with Gasteiger partial charge in [0.15, 0.2) is 0 Å². The summed E-state index contributed by atoms with van der Waals surface area (Å²) in [6.07, 6.45) is 0.160. The van der Waals surface area contributed by atoms with E-state index in [9.17, 15) is 9.18 Å². The Morgan fingerprint density at radius 1 is 1.28 bits per heavy atom. The number of hydrogen-bond acceptors (Lipinski definition) is 3. The third-order valence-corrected chi connectivity index (χ3v) is 4.58. The van der Waals surface area contributed by atoms with E-state index in [1.807, 2.05) is 45.6 Å². The van der Waals surface area contributed by atoms with Crippen molar-refractivity contribution in [3.63, 3.8) is 0 Å². The topological polar surface area (TPSA) is 53.6 Å². The number of halogens is 1. The van der Waals surface area contributed by atoms with Gasteiger partial charge in [0.25, 0.3) is 0 Å². The molecule has 3 atom stereocenters. The molecule has 1 fully saturated rings. The molecule has 1 aromatic rings. The summed E-state index contributed by atoms with van der Waals surface area (Å²) >= 11 is 0. The lowest BCUT2D eigenvalue weighted by Gasteiger charge is -2.37. The molecule has 1 saturated heterocycles. The first-order valence-corrected chi connectivity index (χ1v) is 8.99. The summed E-state index contributed by atoms with van der Waals surface area (Å²) in [6.45, 7) is 11.7. The Balaban J connectivity index is 1.94. The minimum atomic E-state index is -0.267. The van der Waals surface area contributed by atoms with E-state index in [1.54, 1.807) is 6.07 Å². The summed E-state index contributed by atoms with van der Waals surface area (Å²) in [7, 11) is 0. The zero-order chi connectivity index (χ0) is 18.6. The first kappa shape index (κ1) is 19.5. The predicted octanol–water partition coefficient (Wildman–Crippen LogP) is 3.28. The van der Waals surface area contributed by atoms with Crippen molar-refractivity contribution in [3.8, 4) is 0 Å². The summed E-state index contributed by atoms with van der Waals surface area (Å²) < 4.78 is 20.2. The van der Waals surface area contributed by atoms with Crippen LogP contribution < -0.4 is 15.5 Å². The lowest BCUT2D eigenvalue weighted by atomic mass is 10.1. The molecule has 0 aromatic heterocycles. The number of anilines is 1. The highest BCUT2D eigenvalue weighted by molar-refractivity contribution is 5.74. The van der Waals surface area contributed by atoms with Crippen molar-refractivity contribution >= 4 is 11.7 Å². The van der Waals surface area contributed by atoms with Crippen LogP contribution in [0.1, 0.15) is 40.2 Å². The maximum Gasteiger partial charge on any atom is 0.315 e. The number of ether oxygens (including phenoxy) is 1. The number of nitrogens with zero attached hydrogens (tertiary/aromatic N) is 1. The molecular formula is C19H30FN3O2. The Hall–Kier alpha value is -1.82. The van der Waals surface area contributed by atoms with Crippen LogP contribution in [0.5, 0.6) is 0 Å². The van der Waals surface area contributed by atoms with E-state index in [4.69, 9.17) is 4.74 Å². The minimum Gasteiger partial charge on any atom is -0.372 e. The maximum atomic E-state index is 14.5. The number of urea groups is 1. The molecular weight excluding hydrogens is 321 g/mol. The summed E-state index contributed by atoms with van der Waals surface area (Å²) in [5.74, 6) is 0.0948. The number of amides is 2. The summed E-state index contributed by atoms with van der Waals surface area (Å²) in [5.41, 5.74) is 1.33. The quantitative estimate of drug-likeness (QED) is 0.856. The van der Waals surface area contributed by atoms with Crippen LogP contribution in [0.3, 0.4) is 0 Å². The average molecular weight is 351 g/mol. The van der Waals surface area contributed by atoms with Gasteiger partial charge in [-0.05, 0) is 44.4 Å². The molecule has 1 aromatic carbocycles. The van der Waals surface area contributed by atoms with Crippen molar-refractivity contribution in [2.75, 3.05) is 18.0 Å². The number of nitrogens with one attached hydrogen (secondary N) is 2. The number of carbonyl (C=O) groups excluding carboxylic acids is 1. The van der Waals surface area contributed by atoms with Crippen LogP contribution in [0.15, 0.2) is 18.2 Å². The number of rotatable bonds is 5. The Bertz CT molecular complexity index is 584. The molecule has 0 spiro atoms. The van der Waals surface area contributed by atoms with E-state index in [0.717, 1.165) is 5.56 Å². The van der Waals surface area contributed by atoms with Crippen LogP contribution >= 0.6 is 0 Å². The molecule has 0 radical (unpaired) electrons. The van der Waals surface area contributed by atoms with Gasteiger partial charge >= 0.3 is 6.03 Å². The van der Waals surface area contributed by atoms with Crippen molar-refractivity contribution in [2.24, 2.45) is 5.92 Å². The monoisotopic (exact) mass is 351 g/mol. The van der Waals surface area contributed by atoms with Gasteiger partial charge in [-0.3, -0.25) is 0 Å². The smallest absolute Gasteiger partial charge is 0.315 e. The van der Waals surface area contributed by atoms with Gasteiger partial charge in [-0.15, -0.1) is 0 Å². The van der Waals surface area contributed by atoms with E-state index >= 15 is 0 Å². The Labute approximate surface area is 149 Å². The number of morpholine rings is 1. The fourth-order valence-electron chi connectivity index (χ4n) is 2.90. The second-order valence-electron chi connectivity index (χ2n) is 7.31. The van der Waals surface area contributed by atoms with Crippen LogP contribution in [0, 0.1) is 11.7 Å². The molecule has 1 heterocycles. The third kappa shape index (κ3) is 5.59. The molecule has 2 N–H and O–H groups in total. The molecule has 140 valence electrons. The van der Waals surface area contributed by atoms with Gasteiger partial charge in [0.2, 0.25) is 0 Å². The maximum absolute atomic E-state index is 14.5. The largest absolute Gasteiger partial charge is 0.372 e. The molecule has 0 bridgehead atoms. The molecule has 3 unspecified atom stereocenters. The van der Waals surface area contributed by atoms with Crippen LogP contribution in [0.25, 0.3) is 0 Å². The molecule has 2 rings (SSSR count). The molecule has 1 aliphatic rings. The van der Waals surface area contributed by atoms with Crippen LogP contribution in [0.2, 0.25) is 0 Å². The normalized spacial score (nSPS) is 22.0. The van der Waals surface area contributed by atoms with Crippen molar-refractivity contribution in [3.05, 3.63) is 29.6 Å². The number of carbonyl (C=O) groups is 1. The van der Waals surface area contributed by atoms with Gasteiger partial charge in [0.05, 0.1) is 17.9 Å². The summed E-state index contributed by atoms with van der Waals surface area (Å²) in [4.78, 5) is 13.9. The number of hydrogen-bond donors (Lipinski definition) is 2. The van der Waals surface area contributed by atoms with Crippen molar-refractivity contribution in [1.29, 1.82) is 0 Å². The van der Waals surface area contributed by atoms with Gasteiger partial charge in [0.1, 0.15) is 5.82 Å². The highest BCUT2D eigenvalue weighted by Crippen LogP contribution is 2.24. The van der Waals surface area contributed by atoms with Crippen LogP contribution in [0.4, 0.5) is 14.9 Å². The lowest BCUT2D eigenvalue weighted by Crippen LogP contribution is -2.45. The zero-order valence-electron chi connectivity index (χ0n) is 15.8. The minimum absolute atomic E-state index is 0.0798. The Kier molecular flexibility index (Phi) is 6.64. The summed E-state index contributed by atoms with van der Waals surface area (Å²) in [5, 5.41) is 5.65. The van der Waals surface area contributed by atoms with Gasteiger partial charge < -0.3 is 20.3 Å². The van der Waals surface area contributed by atoms with Gasteiger partial charge in [-0.2, -0.15) is 0 Å². The molecule has 25 heavy (non-hydrogen) atoms. The molecule has 1 aliphatic heterocycles. The van der Waals surface area contributed by atoms with E-state index in [-0.39, 0.29) is 30.1 Å². The Morgan fingerprint density at radius 2 is 1.92 bits per heavy atom. The Morgan fingerprint density at radius 3 is 2.48 bits per heavy atom. The van der Waals surface area contributed by atoms with Crippen LogP contribution in [-0.4, -0.2) is 37.4 Å². The average Bonchev–Trinajstić information content (AvgIpc) is 2.51. The third-order valence-electron chi connectivity index (χ3n) is 4.58. The van der Waals surface area contributed by atoms with Crippen molar-refractivity contribution < 1.29 is 13.9 Å². The molecule has 0 aliphatic carbocycles. The van der Waals surface area contributed by atoms with E-state index in [1.165, 1.54) is 6.07 Å². The second-order valence-corrected chi connectivity index (χ2v) is 7.31. The van der Waals surface area contributed by atoms with Gasteiger partial charge in [0, 0.05) is 25.7 Å². The van der Waals surface area contributed by atoms with Crippen molar-refractivity contribution in [1.82, 2.24) is 10.6 Å². The first-order valence-electron chi connectivity index (χ1n) is 8.99. The lowest BCUT2D eigenvalue weighted by molar-refractivity contribution is -0.00539.